The maximum Gasteiger partial charge on any atom is 0.293 e. The van der Waals surface area contributed by atoms with Gasteiger partial charge in [-0.25, -0.2) is 0 Å². The van der Waals surface area contributed by atoms with Crippen LogP contribution in [-0.2, 0) is 23.8 Å². The van der Waals surface area contributed by atoms with E-state index in [0.717, 1.165) is 6.26 Å². The summed E-state index contributed by atoms with van der Waals surface area (Å²) in [6.45, 7) is 0.665. The second-order valence-electron chi connectivity index (χ2n) is 2.35. The molecule has 0 N–H and O–H groups in total. The second kappa shape index (κ2) is 7.35. The first-order chi connectivity index (χ1) is 6.56. The average Bonchev–Trinajstić information content (AvgIpc) is 2.08. The van der Waals surface area contributed by atoms with Crippen molar-refractivity contribution < 1.29 is 22.1 Å². The molecule has 5 nitrogen and oxygen atoms in total. The number of hydrogen-bond acceptors (Lipinski definition) is 5. The molecule has 0 heterocycles. The van der Waals surface area contributed by atoms with Gasteiger partial charge in [-0.3, -0.25) is 8.98 Å². The molecule has 0 spiro atoms. The minimum atomic E-state index is -3.36. The summed E-state index contributed by atoms with van der Waals surface area (Å²) >= 11 is 0. The topological polar surface area (TPSA) is 69.7 Å². The SMILES string of the molecule is CS(=O)(=O)OCCC#CCCOC=O. The van der Waals surface area contributed by atoms with Crippen LogP contribution in [0.4, 0.5) is 0 Å². The standard InChI is InChI=1S/C8H12O5S/c1-14(10,11)13-7-5-3-2-4-6-12-8-9/h8H,4-7H2,1H3. The van der Waals surface area contributed by atoms with E-state index < -0.39 is 10.1 Å². The van der Waals surface area contributed by atoms with Gasteiger partial charge in [-0.2, -0.15) is 8.42 Å². The predicted octanol–water partition coefficient (Wildman–Crippen LogP) is -0.0808. The Morgan fingerprint density at radius 3 is 2.29 bits per heavy atom. The van der Waals surface area contributed by atoms with Crippen molar-refractivity contribution in [3.05, 3.63) is 0 Å². The van der Waals surface area contributed by atoms with E-state index in [1.807, 2.05) is 0 Å². The monoisotopic (exact) mass is 220 g/mol. The van der Waals surface area contributed by atoms with E-state index in [2.05, 4.69) is 20.8 Å². The van der Waals surface area contributed by atoms with E-state index >= 15 is 0 Å². The lowest BCUT2D eigenvalue weighted by Crippen LogP contribution is -2.03. The molecule has 0 rings (SSSR count). The summed E-state index contributed by atoms with van der Waals surface area (Å²) in [4.78, 5) is 9.69. The van der Waals surface area contributed by atoms with Crippen LogP contribution in [-0.4, -0.2) is 34.4 Å². The van der Waals surface area contributed by atoms with Gasteiger partial charge in [0.15, 0.2) is 0 Å². The Balaban J connectivity index is 3.39. The third kappa shape index (κ3) is 10.9. The number of carbonyl (C=O) groups excluding carboxylic acids is 1. The summed E-state index contributed by atoms with van der Waals surface area (Å²) in [5.41, 5.74) is 0. The van der Waals surface area contributed by atoms with Gasteiger partial charge >= 0.3 is 0 Å². The largest absolute Gasteiger partial charge is 0.467 e. The lowest BCUT2D eigenvalue weighted by Gasteiger charge is -1.95. The first-order valence-electron chi connectivity index (χ1n) is 3.91. The van der Waals surface area contributed by atoms with Crippen LogP contribution in [0.25, 0.3) is 0 Å². The fraction of sp³-hybridized carbons (Fsp3) is 0.625. The molecule has 0 saturated carbocycles. The molecule has 0 atom stereocenters. The Hall–Kier alpha value is -1.06. The molecule has 14 heavy (non-hydrogen) atoms. The molecule has 0 aliphatic heterocycles. The summed E-state index contributed by atoms with van der Waals surface area (Å²) in [6.07, 6.45) is 1.77. The van der Waals surface area contributed by atoms with Gasteiger partial charge in [0.2, 0.25) is 0 Å². The minimum absolute atomic E-state index is 0.0559. The van der Waals surface area contributed by atoms with Gasteiger partial charge in [-0.05, 0) is 0 Å². The molecule has 0 aliphatic rings. The first kappa shape index (κ1) is 12.9. The molecule has 6 heteroatoms. The number of hydrogen-bond donors (Lipinski definition) is 0. The Labute approximate surface area is 83.5 Å². The zero-order chi connectivity index (χ0) is 10.9. The zero-order valence-electron chi connectivity index (χ0n) is 7.86. The molecule has 0 aromatic carbocycles. The third-order valence-corrected chi connectivity index (χ3v) is 1.66. The van der Waals surface area contributed by atoms with Crippen molar-refractivity contribution in [3.63, 3.8) is 0 Å². The first-order valence-corrected chi connectivity index (χ1v) is 5.73. The van der Waals surface area contributed by atoms with Crippen LogP contribution in [0.3, 0.4) is 0 Å². The van der Waals surface area contributed by atoms with E-state index in [1.54, 1.807) is 0 Å². The van der Waals surface area contributed by atoms with Crippen LogP contribution in [0, 0.1) is 11.8 Å². The Morgan fingerprint density at radius 1 is 1.21 bits per heavy atom. The van der Waals surface area contributed by atoms with E-state index in [4.69, 9.17) is 0 Å². The van der Waals surface area contributed by atoms with E-state index in [0.29, 0.717) is 19.3 Å². The van der Waals surface area contributed by atoms with Crippen LogP contribution in [0.15, 0.2) is 0 Å². The normalized spacial score (nSPS) is 10.1. The molecule has 0 fully saturated rings. The van der Waals surface area contributed by atoms with Gasteiger partial charge in [0.1, 0.15) is 6.61 Å². The van der Waals surface area contributed by atoms with Crippen molar-refractivity contribution >= 4 is 16.6 Å². The maximum absolute atomic E-state index is 10.5. The minimum Gasteiger partial charge on any atom is -0.467 e. The van der Waals surface area contributed by atoms with Crippen molar-refractivity contribution in [3.8, 4) is 11.8 Å². The highest BCUT2D eigenvalue weighted by Gasteiger charge is 1.98. The molecule has 0 radical (unpaired) electrons. The molecular formula is C8H12O5S. The van der Waals surface area contributed by atoms with Gasteiger partial charge in [0.05, 0.1) is 12.9 Å². The third-order valence-electron chi connectivity index (χ3n) is 1.06. The Morgan fingerprint density at radius 2 is 1.79 bits per heavy atom. The Kier molecular flexibility index (Phi) is 6.80. The van der Waals surface area contributed by atoms with Gasteiger partial charge in [-0.1, -0.05) is 5.92 Å². The smallest absolute Gasteiger partial charge is 0.293 e. The average molecular weight is 220 g/mol. The fourth-order valence-electron chi connectivity index (χ4n) is 0.579. The van der Waals surface area contributed by atoms with Crippen molar-refractivity contribution in [1.82, 2.24) is 0 Å². The van der Waals surface area contributed by atoms with Crippen LogP contribution in [0.1, 0.15) is 12.8 Å². The van der Waals surface area contributed by atoms with E-state index in [9.17, 15) is 13.2 Å². The number of rotatable bonds is 6. The molecule has 0 bridgehead atoms. The van der Waals surface area contributed by atoms with Crippen LogP contribution in [0.5, 0.6) is 0 Å². The summed E-state index contributed by atoms with van der Waals surface area (Å²) in [5.74, 6) is 5.38. The summed E-state index contributed by atoms with van der Waals surface area (Å²) < 4.78 is 29.8. The van der Waals surface area contributed by atoms with Gasteiger partial charge in [0, 0.05) is 12.8 Å². The lowest BCUT2D eigenvalue weighted by molar-refractivity contribution is -0.128. The zero-order valence-corrected chi connectivity index (χ0v) is 8.67. The highest BCUT2D eigenvalue weighted by molar-refractivity contribution is 7.85. The molecule has 0 saturated heterocycles. The molecular weight excluding hydrogens is 208 g/mol. The molecule has 0 unspecified atom stereocenters. The maximum atomic E-state index is 10.5. The summed E-state index contributed by atoms with van der Waals surface area (Å²) in [5, 5.41) is 0. The van der Waals surface area contributed by atoms with Crippen LogP contribution in [0.2, 0.25) is 0 Å². The van der Waals surface area contributed by atoms with E-state index in [-0.39, 0.29) is 13.2 Å². The van der Waals surface area contributed by atoms with Crippen molar-refractivity contribution in [2.75, 3.05) is 19.5 Å². The van der Waals surface area contributed by atoms with Gasteiger partial charge < -0.3 is 4.74 Å². The van der Waals surface area contributed by atoms with Crippen molar-refractivity contribution in [2.45, 2.75) is 12.8 Å². The molecule has 0 aromatic heterocycles. The highest BCUT2D eigenvalue weighted by atomic mass is 32.2. The number of carbonyl (C=O) groups is 1. The quantitative estimate of drug-likeness (QED) is 0.271. The lowest BCUT2D eigenvalue weighted by atomic mass is 10.4. The fourth-order valence-corrected chi connectivity index (χ4v) is 0.965. The second-order valence-corrected chi connectivity index (χ2v) is 3.99. The van der Waals surface area contributed by atoms with Crippen LogP contribution < -0.4 is 0 Å². The summed E-state index contributed by atoms with van der Waals surface area (Å²) in [6, 6.07) is 0. The molecule has 0 amide bonds. The van der Waals surface area contributed by atoms with Crippen molar-refractivity contribution in [1.29, 1.82) is 0 Å². The molecule has 80 valence electrons. The number of ether oxygens (including phenoxy) is 1. The molecule has 0 aromatic rings. The van der Waals surface area contributed by atoms with E-state index in [1.165, 1.54) is 0 Å². The summed E-state index contributed by atoms with van der Waals surface area (Å²) in [7, 11) is -3.36. The van der Waals surface area contributed by atoms with Crippen LogP contribution >= 0.6 is 0 Å². The van der Waals surface area contributed by atoms with Gasteiger partial charge in [0.25, 0.3) is 16.6 Å². The molecule has 0 aliphatic carbocycles. The highest BCUT2D eigenvalue weighted by Crippen LogP contribution is 1.88. The Bertz CT molecular complexity index is 308. The van der Waals surface area contributed by atoms with Crippen molar-refractivity contribution in [2.24, 2.45) is 0 Å². The van der Waals surface area contributed by atoms with Gasteiger partial charge in [-0.15, -0.1) is 5.92 Å². The predicted molar refractivity (Wildman–Crippen MR) is 49.8 cm³/mol.